The SMILES string of the molecule is C=CCn1c(SCC(=O)Nc2c(C(C)C)cccc2C(C)C)nnc1-c1ccc(Cl)cc1. The number of anilines is 1. The Morgan fingerprint density at radius 1 is 1.09 bits per heavy atom. The van der Waals surface area contributed by atoms with Crippen molar-refractivity contribution >= 4 is 35.0 Å². The van der Waals surface area contributed by atoms with Crippen LogP contribution in [0.4, 0.5) is 5.69 Å². The molecule has 5 nitrogen and oxygen atoms in total. The van der Waals surface area contributed by atoms with Gasteiger partial charge in [0, 0.05) is 22.8 Å². The van der Waals surface area contributed by atoms with Gasteiger partial charge in [0.1, 0.15) is 0 Å². The average Bonchev–Trinajstić information content (AvgIpc) is 3.15. The number of thioether (sulfide) groups is 1. The summed E-state index contributed by atoms with van der Waals surface area (Å²) in [6.45, 7) is 12.9. The molecule has 1 aromatic heterocycles. The Morgan fingerprint density at radius 2 is 1.72 bits per heavy atom. The average molecular weight is 469 g/mol. The molecule has 32 heavy (non-hydrogen) atoms. The van der Waals surface area contributed by atoms with E-state index in [9.17, 15) is 4.79 Å². The van der Waals surface area contributed by atoms with E-state index in [1.807, 2.05) is 28.8 Å². The minimum atomic E-state index is -0.0637. The second-order valence-electron chi connectivity index (χ2n) is 8.17. The van der Waals surface area contributed by atoms with Gasteiger partial charge in [-0.25, -0.2) is 0 Å². The molecule has 0 unspecified atom stereocenters. The van der Waals surface area contributed by atoms with Crippen LogP contribution >= 0.6 is 23.4 Å². The maximum atomic E-state index is 12.9. The summed E-state index contributed by atoms with van der Waals surface area (Å²) in [5, 5.41) is 13.2. The number of carbonyl (C=O) groups excluding carboxylic acids is 1. The predicted octanol–water partition coefficient (Wildman–Crippen LogP) is 6.76. The van der Waals surface area contributed by atoms with Crippen molar-refractivity contribution in [3.8, 4) is 11.4 Å². The summed E-state index contributed by atoms with van der Waals surface area (Å²) in [5.74, 6) is 1.52. The van der Waals surface area contributed by atoms with E-state index in [4.69, 9.17) is 11.6 Å². The Hall–Kier alpha value is -2.57. The maximum absolute atomic E-state index is 12.9. The van der Waals surface area contributed by atoms with E-state index in [1.165, 1.54) is 11.8 Å². The molecule has 0 radical (unpaired) electrons. The summed E-state index contributed by atoms with van der Waals surface area (Å²) < 4.78 is 1.95. The molecular weight excluding hydrogens is 440 g/mol. The summed E-state index contributed by atoms with van der Waals surface area (Å²) in [6, 6.07) is 13.7. The van der Waals surface area contributed by atoms with Crippen LogP contribution in [0.25, 0.3) is 11.4 Å². The summed E-state index contributed by atoms with van der Waals surface area (Å²) >= 11 is 7.37. The van der Waals surface area contributed by atoms with Gasteiger partial charge < -0.3 is 5.32 Å². The number of nitrogens with zero attached hydrogens (tertiary/aromatic N) is 3. The number of rotatable bonds is 9. The molecule has 0 bridgehead atoms. The van der Waals surface area contributed by atoms with Gasteiger partial charge in [0.15, 0.2) is 11.0 Å². The fourth-order valence-electron chi connectivity index (χ4n) is 3.50. The zero-order valence-electron chi connectivity index (χ0n) is 18.9. The molecule has 0 spiro atoms. The van der Waals surface area contributed by atoms with Crippen LogP contribution in [0, 0.1) is 0 Å². The Morgan fingerprint density at radius 3 is 2.28 bits per heavy atom. The van der Waals surface area contributed by atoms with Crippen LogP contribution in [0.2, 0.25) is 5.02 Å². The molecule has 1 amide bonds. The maximum Gasteiger partial charge on any atom is 0.234 e. The topological polar surface area (TPSA) is 59.8 Å². The lowest BCUT2D eigenvalue weighted by Gasteiger charge is -2.20. The van der Waals surface area contributed by atoms with E-state index < -0.39 is 0 Å². The molecule has 3 aromatic rings. The first-order valence-corrected chi connectivity index (χ1v) is 12.0. The highest BCUT2D eigenvalue weighted by atomic mass is 35.5. The fraction of sp³-hybridized carbons (Fsp3) is 0.320. The molecule has 0 saturated heterocycles. The zero-order chi connectivity index (χ0) is 23.3. The minimum Gasteiger partial charge on any atom is -0.325 e. The van der Waals surface area contributed by atoms with Crippen LogP contribution in [0.1, 0.15) is 50.7 Å². The summed E-state index contributed by atoms with van der Waals surface area (Å²) in [4.78, 5) is 12.9. The van der Waals surface area contributed by atoms with Gasteiger partial charge in [0.05, 0.1) is 5.75 Å². The van der Waals surface area contributed by atoms with Crippen LogP contribution in [0.15, 0.2) is 60.3 Å². The lowest BCUT2D eigenvalue weighted by Crippen LogP contribution is -2.18. The Bertz CT molecular complexity index is 1060. The molecule has 1 N–H and O–H groups in total. The highest BCUT2D eigenvalue weighted by molar-refractivity contribution is 7.99. The number of benzene rings is 2. The van der Waals surface area contributed by atoms with E-state index in [2.05, 4.69) is 68.0 Å². The largest absolute Gasteiger partial charge is 0.325 e. The monoisotopic (exact) mass is 468 g/mol. The third kappa shape index (κ3) is 5.61. The number of nitrogens with one attached hydrogen (secondary N) is 1. The van der Waals surface area contributed by atoms with Gasteiger partial charge in [-0.05, 0) is 47.2 Å². The molecule has 1 heterocycles. The van der Waals surface area contributed by atoms with Gasteiger partial charge >= 0.3 is 0 Å². The van der Waals surface area contributed by atoms with Crippen LogP contribution in [0.3, 0.4) is 0 Å². The van der Waals surface area contributed by atoms with Crippen molar-refractivity contribution < 1.29 is 4.79 Å². The number of aromatic nitrogens is 3. The predicted molar refractivity (Wildman–Crippen MR) is 135 cm³/mol. The second-order valence-corrected chi connectivity index (χ2v) is 9.55. The quantitative estimate of drug-likeness (QED) is 0.278. The lowest BCUT2D eigenvalue weighted by molar-refractivity contribution is -0.113. The molecule has 0 fully saturated rings. The van der Waals surface area contributed by atoms with E-state index in [0.29, 0.717) is 28.6 Å². The summed E-state index contributed by atoms with van der Waals surface area (Å²) in [5.41, 5.74) is 4.13. The first kappa shape index (κ1) is 24.1. The minimum absolute atomic E-state index is 0.0637. The summed E-state index contributed by atoms with van der Waals surface area (Å²) in [6.07, 6.45) is 1.79. The molecule has 7 heteroatoms. The lowest BCUT2D eigenvalue weighted by atomic mass is 9.92. The molecular formula is C25H29ClN4OS. The van der Waals surface area contributed by atoms with Crippen LogP contribution in [-0.2, 0) is 11.3 Å². The van der Waals surface area contributed by atoms with Crippen molar-refractivity contribution in [2.45, 2.75) is 51.2 Å². The van der Waals surface area contributed by atoms with Crippen LogP contribution < -0.4 is 5.32 Å². The van der Waals surface area contributed by atoms with E-state index in [1.54, 1.807) is 6.08 Å². The van der Waals surface area contributed by atoms with Crippen molar-refractivity contribution in [2.24, 2.45) is 0 Å². The molecule has 2 aromatic carbocycles. The van der Waals surface area contributed by atoms with Crippen molar-refractivity contribution in [1.82, 2.24) is 14.8 Å². The van der Waals surface area contributed by atoms with Gasteiger partial charge in [0.2, 0.25) is 5.91 Å². The third-order valence-corrected chi connectivity index (χ3v) is 6.32. The number of amides is 1. The van der Waals surface area contributed by atoms with Gasteiger partial charge in [-0.3, -0.25) is 9.36 Å². The van der Waals surface area contributed by atoms with Crippen molar-refractivity contribution in [2.75, 3.05) is 11.1 Å². The number of hydrogen-bond donors (Lipinski definition) is 1. The molecule has 0 aliphatic carbocycles. The van der Waals surface area contributed by atoms with Crippen LogP contribution in [0.5, 0.6) is 0 Å². The van der Waals surface area contributed by atoms with E-state index in [0.717, 1.165) is 28.2 Å². The molecule has 3 rings (SSSR count). The second kappa shape index (κ2) is 10.8. The summed E-state index contributed by atoms with van der Waals surface area (Å²) in [7, 11) is 0. The van der Waals surface area contributed by atoms with Gasteiger partial charge in [-0.15, -0.1) is 16.8 Å². The number of allylic oxidation sites excluding steroid dienone is 1. The van der Waals surface area contributed by atoms with Gasteiger partial charge in [0.25, 0.3) is 0 Å². The normalized spacial score (nSPS) is 11.2. The Labute approximate surface area is 199 Å². The molecule has 0 atom stereocenters. The first-order chi connectivity index (χ1) is 15.3. The van der Waals surface area contributed by atoms with Crippen LogP contribution in [-0.4, -0.2) is 26.4 Å². The highest BCUT2D eigenvalue weighted by Crippen LogP contribution is 2.33. The number of hydrogen-bond acceptors (Lipinski definition) is 4. The Balaban J connectivity index is 1.79. The number of para-hydroxylation sites is 1. The molecule has 0 aliphatic rings. The third-order valence-electron chi connectivity index (χ3n) is 5.10. The molecule has 0 aliphatic heterocycles. The fourth-order valence-corrected chi connectivity index (χ4v) is 4.38. The van der Waals surface area contributed by atoms with E-state index in [-0.39, 0.29) is 11.7 Å². The number of carbonyl (C=O) groups is 1. The van der Waals surface area contributed by atoms with Gasteiger partial charge in [-0.2, -0.15) is 0 Å². The standard InChI is InChI=1S/C25H29ClN4OS/c1-6-14-30-24(18-10-12-19(26)13-11-18)28-29-25(30)32-15-22(31)27-23-20(16(2)3)8-7-9-21(23)17(4)5/h6-13,16-17H,1,14-15H2,2-5H3,(H,27,31). The molecule has 168 valence electrons. The zero-order valence-corrected chi connectivity index (χ0v) is 20.5. The number of halogens is 1. The van der Waals surface area contributed by atoms with Crippen molar-refractivity contribution in [3.63, 3.8) is 0 Å². The Kier molecular flexibility index (Phi) is 8.15. The smallest absolute Gasteiger partial charge is 0.234 e. The highest BCUT2D eigenvalue weighted by Gasteiger charge is 2.18. The first-order valence-electron chi connectivity index (χ1n) is 10.7. The van der Waals surface area contributed by atoms with Gasteiger partial charge in [-0.1, -0.05) is 75.3 Å². The van der Waals surface area contributed by atoms with Crippen molar-refractivity contribution in [3.05, 3.63) is 71.3 Å². The molecule has 0 saturated carbocycles. The van der Waals surface area contributed by atoms with E-state index >= 15 is 0 Å². The van der Waals surface area contributed by atoms with Crippen molar-refractivity contribution in [1.29, 1.82) is 0 Å².